The van der Waals surface area contributed by atoms with Gasteiger partial charge < -0.3 is 5.32 Å². The summed E-state index contributed by atoms with van der Waals surface area (Å²) >= 11 is 0. The van der Waals surface area contributed by atoms with Crippen LogP contribution in [-0.2, 0) is 13.5 Å². The van der Waals surface area contributed by atoms with Crippen LogP contribution < -0.4 is 5.32 Å². The summed E-state index contributed by atoms with van der Waals surface area (Å²) in [6.07, 6.45) is 3.08. The Hall–Kier alpha value is -0.830. The van der Waals surface area contributed by atoms with E-state index in [1.165, 1.54) is 5.69 Å². The third-order valence-electron chi connectivity index (χ3n) is 3.12. The first-order chi connectivity index (χ1) is 7.49. The molecule has 0 spiro atoms. The van der Waals surface area contributed by atoms with E-state index in [1.54, 1.807) is 0 Å². The molecular weight excluding hydrogens is 198 g/mol. The molecule has 0 fully saturated rings. The number of nitrogens with zero attached hydrogens (tertiary/aromatic N) is 2. The zero-order valence-electron chi connectivity index (χ0n) is 11.2. The maximum atomic E-state index is 4.42. The van der Waals surface area contributed by atoms with Crippen molar-refractivity contribution in [3.05, 3.63) is 18.0 Å². The van der Waals surface area contributed by atoms with Crippen LogP contribution in [0.15, 0.2) is 12.3 Å². The second-order valence-electron chi connectivity index (χ2n) is 5.20. The van der Waals surface area contributed by atoms with Gasteiger partial charge in [0.25, 0.3) is 0 Å². The number of aromatic nitrogens is 2. The van der Waals surface area contributed by atoms with Crippen LogP contribution in [-0.4, -0.2) is 22.4 Å². The first kappa shape index (κ1) is 13.2. The van der Waals surface area contributed by atoms with Gasteiger partial charge in [-0.1, -0.05) is 27.7 Å². The molecule has 0 aliphatic carbocycles. The molecule has 2 unspecified atom stereocenters. The van der Waals surface area contributed by atoms with Crippen LogP contribution in [0.25, 0.3) is 0 Å². The van der Waals surface area contributed by atoms with Gasteiger partial charge in [-0.2, -0.15) is 5.10 Å². The summed E-state index contributed by atoms with van der Waals surface area (Å²) < 4.78 is 1.87. The zero-order valence-corrected chi connectivity index (χ0v) is 11.2. The van der Waals surface area contributed by atoms with Crippen molar-refractivity contribution in [2.45, 2.75) is 40.2 Å². The van der Waals surface area contributed by atoms with Crippen LogP contribution in [0, 0.1) is 11.8 Å². The van der Waals surface area contributed by atoms with Crippen molar-refractivity contribution in [1.29, 1.82) is 0 Å². The SMILES string of the molecule is CC(C)NCC(C)C(C)Cc1ccn(C)n1. The largest absolute Gasteiger partial charge is 0.314 e. The summed E-state index contributed by atoms with van der Waals surface area (Å²) in [5.41, 5.74) is 1.20. The van der Waals surface area contributed by atoms with Crippen LogP contribution >= 0.6 is 0 Å². The Morgan fingerprint density at radius 2 is 1.94 bits per heavy atom. The maximum absolute atomic E-state index is 4.42. The fourth-order valence-electron chi connectivity index (χ4n) is 1.73. The van der Waals surface area contributed by atoms with Gasteiger partial charge in [0.2, 0.25) is 0 Å². The second kappa shape index (κ2) is 6.04. The Morgan fingerprint density at radius 3 is 2.44 bits per heavy atom. The van der Waals surface area contributed by atoms with E-state index in [1.807, 2.05) is 17.9 Å². The lowest BCUT2D eigenvalue weighted by Crippen LogP contribution is -2.31. The minimum atomic E-state index is 0.574. The monoisotopic (exact) mass is 223 g/mol. The molecule has 1 rings (SSSR count). The summed E-state index contributed by atoms with van der Waals surface area (Å²) in [6, 6.07) is 2.68. The van der Waals surface area contributed by atoms with Crippen molar-refractivity contribution >= 4 is 0 Å². The average Bonchev–Trinajstić information content (AvgIpc) is 2.60. The van der Waals surface area contributed by atoms with Crippen LogP contribution in [0.3, 0.4) is 0 Å². The van der Waals surface area contributed by atoms with E-state index in [0.717, 1.165) is 13.0 Å². The lowest BCUT2D eigenvalue weighted by atomic mass is 9.91. The van der Waals surface area contributed by atoms with Crippen LogP contribution in [0.2, 0.25) is 0 Å². The van der Waals surface area contributed by atoms with E-state index >= 15 is 0 Å². The molecule has 0 aromatic carbocycles. The number of hydrogen-bond donors (Lipinski definition) is 1. The average molecular weight is 223 g/mol. The van der Waals surface area contributed by atoms with E-state index in [-0.39, 0.29) is 0 Å². The van der Waals surface area contributed by atoms with Gasteiger partial charge >= 0.3 is 0 Å². The molecule has 3 heteroatoms. The predicted octanol–water partition coefficient (Wildman–Crippen LogP) is 2.23. The Bertz CT molecular complexity index is 304. The number of aryl methyl sites for hydroxylation is 1. The topological polar surface area (TPSA) is 29.9 Å². The summed E-state index contributed by atoms with van der Waals surface area (Å²) in [6.45, 7) is 10.1. The molecule has 0 radical (unpaired) electrons. The molecule has 0 saturated heterocycles. The molecule has 3 nitrogen and oxygen atoms in total. The number of nitrogens with one attached hydrogen (secondary N) is 1. The molecule has 92 valence electrons. The smallest absolute Gasteiger partial charge is 0.0627 e. The van der Waals surface area contributed by atoms with Gasteiger partial charge in [-0.3, -0.25) is 4.68 Å². The lowest BCUT2D eigenvalue weighted by molar-refractivity contribution is 0.351. The van der Waals surface area contributed by atoms with Crippen LogP contribution in [0.4, 0.5) is 0 Å². The Labute approximate surface area is 99.2 Å². The van der Waals surface area contributed by atoms with Crippen molar-refractivity contribution in [2.75, 3.05) is 6.54 Å². The summed E-state index contributed by atoms with van der Waals surface area (Å²) in [5, 5.41) is 7.92. The highest BCUT2D eigenvalue weighted by Crippen LogP contribution is 2.15. The molecule has 1 aromatic rings. The molecule has 16 heavy (non-hydrogen) atoms. The third-order valence-corrected chi connectivity index (χ3v) is 3.12. The molecule has 1 N–H and O–H groups in total. The molecule has 1 heterocycles. The second-order valence-corrected chi connectivity index (χ2v) is 5.20. The van der Waals surface area contributed by atoms with Crippen molar-refractivity contribution in [1.82, 2.24) is 15.1 Å². The molecule has 0 aliphatic rings. The van der Waals surface area contributed by atoms with E-state index in [0.29, 0.717) is 17.9 Å². The van der Waals surface area contributed by atoms with Gasteiger partial charge in [0.1, 0.15) is 0 Å². The zero-order chi connectivity index (χ0) is 12.1. The van der Waals surface area contributed by atoms with Crippen molar-refractivity contribution in [2.24, 2.45) is 18.9 Å². The van der Waals surface area contributed by atoms with E-state index in [4.69, 9.17) is 0 Å². The fraction of sp³-hybridized carbons (Fsp3) is 0.769. The van der Waals surface area contributed by atoms with Gasteiger partial charge in [-0.25, -0.2) is 0 Å². The van der Waals surface area contributed by atoms with Crippen molar-refractivity contribution in [3.8, 4) is 0 Å². The summed E-state index contributed by atoms with van der Waals surface area (Å²) in [4.78, 5) is 0. The highest BCUT2D eigenvalue weighted by atomic mass is 15.2. The van der Waals surface area contributed by atoms with Crippen molar-refractivity contribution in [3.63, 3.8) is 0 Å². The molecular formula is C13H25N3. The normalized spacial score (nSPS) is 15.4. The molecule has 2 atom stereocenters. The van der Waals surface area contributed by atoms with Crippen LogP contribution in [0.5, 0.6) is 0 Å². The first-order valence-electron chi connectivity index (χ1n) is 6.21. The molecule has 0 amide bonds. The molecule has 0 aliphatic heterocycles. The third kappa shape index (κ3) is 4.35. The Balaban J connectivity index is 2.36. The van der Waals surface area contributed by atoms with Gasteiger partial charge in [0.05, 0.1) is 5.69 Å². The minimum Gasteiger partial charge on any atom is -0.314 e. The fourth-order valence-corrected chi connectivity index (χ4v) is 1.73. The molecule has 0 bridgehead atoms. The number of hydrogen-bond acceptors (Lipinski definition) is 2. The summed E-state index contributed by atoms with van der Waals surface area (Å²) in [7, 11) is 1.97. The molecule has 0 saturated carbocycles. The lowest BCUT2D eigenvalue weighted by Gasteiger charge is -2.20. The Morgan fingerprint density at radius 1 is 1.25 bits per heavy atom. The van der Waals surface area contributed by atoms with Gasteiger partial charge in [0.15, 0.2) is 0 Å². The minimum absolute atomic E-state index is 0.574. The Kier molecular flexibility index (Phi) is 5.00. The maximum Gasteiger partial charge on any atom is 0.0627 e. The van der Waals surface area contributed by atoms with Gasteiger partial charge in [-0.05, 0) is 30.9 Å². The van der Waals surface area contributed by atoms with E-state index in [9.17, 15) is 0 Å². The van der Waals surface area contributed by atoms with Gasteiger partial charge in [0, 0.05) is 19.3 Å². The highest BCUT2D eigenvalue weighted by molar-refractivity contribution is 5.00. The quantitative estimate of drug-likeness (QED) is 0.801. The predicted molar refractivity (Wildman–Crippen MR) is 68.4 cm³/mol. The standard InChI is InChI=1S/C13H25N3/c1-10(2)14-9-12(4)11(3)8-13-6-7-16(5)15-13/h6-7,10-12,14H,8-9H2,1-5H3. The van der Waals surface area contributed by atoms with Gasteiger partial charge in [-0.15, -0.1) is 0 Å². The van der Waals surface area contributed by atoms with E-state index < -0.39 is 0 Å². The molecule has 1 aromatic heterocycles. The van der Waals surface area contributed by atoms with E-state index in [2.05, 4.69) is 44.2 Å². The highest BCUT2D eigenvalue weighted by Gasteiger charge is 2.14. The van der Waals surface area contributed by atoms with Crippen molar-refractivity contribution < 1.29 is 0 Å². The summed E-state index contributed by atoms with van der Waals surface area (Å²) in [5.74, 6) is 1.35. The van der Waals surface area contributed by atoms with Crippen LogP contribution in [0.1, 0.15) is 33.4 Å². The number of rotatable bonds is 6. The first-order valence-corrected chi connectivity index (χ1v) is 6.21.